The minimum atomic E-state index is -1.42. The van der Waals surface area contributed by atoms with Gasteiger partial charge in [-0.15, -0.1) is 0 Å². The van der Waals surface area contributed by atoms with Crippen molar-refractivity contribution in [2.24, 2.45) is 0 Å². The van der Waals surface area contributed by atoms with Crippen molar-refractivity contribution in [1.82, 2.24) is 4.90 Å². The second-order valence-corrected chi connectivity index (χ2v) is 5.29. The molecule has 0 unspecified atom stereocenters. The first-order valence-corrected chi connectivity index (χ1v) is 5.48. The number of nitrogens with zero attached hydrogens (tertiary/aromatic N) is 1. The van der Waals surface area contributed by atoms with Gasteiger partial charge in [-0.1, -0.05) is 12.7 Å². The quantitative estimate of drug-likeness (QED) is 0.656. The molecule has 2 nitrogen and oxygen atoms in total. The van der Waals surface area contributed by atoms with E-state index in [2.05, 4.69) is 25.3 Å². The molecule has 0 radical (unpaired) electrons. The minimum Gasteiger partial charge on any atom is -0.371 e. The van der Waals surface area contributed by atoms with Gasteiger partial charge in [-0.2, -0.15) is 0 Å². The van der Waals surface area contributed by atoms with E-state index in [0.717, 1.165) is 6.54 Å². The van der Waals surface area contributed by atoms with Crippen LogP contribution < -0.4 is 0 Å². The van der Waals surface area contributed by atoms with Crippen LogP contribution in [-0.2, 0) is 4.74 Å². The molecule has 0 saturated carbocycles. The van der Waals surface area contributed by atoms with E-state index in [1.165, 1.54) is 6.08 Å². The fourth-order valence-corrected chi connectivity index (χ4v) is 1.78. The summed E-state index contributed by atoms with van der Waals surface area (Å²) < 4.78 is 19.8. The van der Waals surface area contributed by atoms with E-state index in [0.29, 0.717) is 12.6 Å². The van der Waals surface area contributed by atoms with Gasteiger partial charge in [-0.05, 0) is 27.7 Å². The van der Waals surface area contributed by atoms with Crippen LogP contribution in [0.5, 0.6) is 0 Å². The molecule has 1 atom stereocenters. The molecule has 0 N–H and O–H groups in total. The zero-order valence-electron chi connectivity index (χ0n) is 10.2. The van der Waals surface area contributed by atoms with Crippen LogP contribution in [0.25, 0.3) is 0 Å². The maximum absolute atomic E-state index is 14.2. The van der Waals surface area contributed by atoms with Crippen LogP contribution in [-0.4, -0.2) is 41.9 Å². The molecule has 0 bridgehead atoms. The minimum absolute atomic E-state index is 0.104. The third kappa shape index (κ3) is 3.28. The molecule has 0 aromatic rings. The smallest absolute Gasteiger partial charge is 0.164 e. The SMILES string of the molecule is C=C[C@]1(F)COC(C)(C)CN(C(C)C)C1. The topological polar surface area (TPSA) is 12.5 Å². The molecule has 1 aliphatic rings. The van der Waals surface area contributed by atoms with Crippen LogP contribution in [0.1, 0.15) is 27.7 Å². The summed E-state index contributed by atoms with van der Waals surface area (Å²) in [7, 11) is 0. The molecule has 15 heavy (non-hydrogen) atoms. The highest BCUT2D eigenvalue weighted by molar-refractivity contribution is 5.02. The number of hydrogen-bond donors (Lipinski definition) is 0. The Morgan fingerprint density at radius 2 is 2.00 bits per heavy atom. The van der Waals surface area contributed by atoms with Crippen LogP contribution in [0.3, 0.4) is 0 Å². The second kappa shape index (κ2) is 4.22. The molecule has 0 amide bonds. The van der Waals surface area contributed by atoms with E-state index >= 15 is 0 Å². The summed E-state index contributed by atoms with van der Waals surface area (Å²) in [6.45, 7) is 12.9. The van der Waals surface area contributed by atoms with Gasteiger partial charge in [0, 0.05) is 19.1 Å². The van der Waals surface area contributed by atoms with Crippen LogP contribution in [0, 0.1) is 0 Å². The lowest BCUT2D eigenvalue weighted by Crippen LogP contribution is -2.44. The van der Waals surface area contributed by atoms with Crippen molar-refractivity contribution in [3.8, 4) is 0 Å². The van der Waals surface area contributed by atoms with Crippen LogP contribution >= 0.6 is 0 Å². The lowest BCUT2D eigenvalue weighted by molar-refractivity contribution is -0.0414. The molecule has 0 aromatic heterocycles. The zero-order chi connectivity index (χ0) is 11.7. The Morgan fingerprint density at radius 1 is 1.40 bits per heavy atom. The highest BCUT2D eigenvalue weighted by atomic mass is 19.1. The molecule has 1 aliphatic heterocycles. The summed E-state index contributed by atoms with van der Waals surface area (Å²) in [5, 5.41) is 0. The molecule has 0 spiro atoms. The monoisotopic (exact) mass is 215 g/mol. The second-order valence-electron chi connectivity index (χ2n) is 5.29. The van der Waals surface area contributed by atoms with Gasteiger partial charge in [0.15, 0.2) is 5.67 Å². The first-order valence-electron chi connectivity index (χ1n) is 5.48. The van der Waals surface area contributed by atoms with Gasteiger partial charge < -0.3 is 4.74 Å². The van der Waals surface area contributed by atoms with Crippen LogP contribution in [0.15, 0.2) is 12.7 Å². The Bertz CT molecular complexity index is 240. The summed E-state index contributed by atoms with van der Waals surface area (Å²) in [4.78, 5) is 2.11. The molecule has 3 heteroatoms. The van der Waals surface area contributed by atoms with Gasteiger partial charge in [0.1, 0.15) is 0 Å². The van der Waals surface area contributed by atoms with E-state index in [-0.39, 0.29) is 12.2 Å². The molecule has 0 aliphatic carbocycles. The van der Waals surface area contributed by atoms with Crippen molar-refractivity contribution in [3.63, 3.8) is 0 Å². The predicted octanol–water partition coefficient (Wildman–Crippen LogP) is 2.40. The summed E-state index contributed by atoms with van der Waals surface area (Å²) >= 11 is 0. The highest BCUT2D eigenvalue weighted by Crippen LogP contribution is 2.26. The Labute approximate surface area is 92.1 Å². The molecule has 1 heterocycles. The zero-order valence-corrected chi connectivity index (χ0v) is 10.2. The van der Waals surface area contributed by atoms with Crippen molar-refractivity contribution >= 4 is 0 Å². The molecular weight excluding hydrogens is 193 g/mol. The van der Waals surface area contributed by atoms with Gasteiger partial charge in [-0.25, -0.2) is 4.39 Å². The highest BCUT2D eigenvalue weighted by Gasteiger charge is 2.38. The molecule has 0 aromatic carbocycles. The van der Waals surface area contributed by atoms with E-state index in [1.807, 2.05) is 13.8 Å². The fraction of sp³-hybridized carbons (Fsp3) is 0.833. The van der Waals surface area contributed by atoms with Crippen molar-refractivity contribution in [3.05, 3.63) is 12.7 Å². The first-order chi connectivity index (χ1) is 6.78. The Morgan fingerprint density at radius 3 is 2.47 bits per heavy atom. The van der Waals surface area contributed by atoms with Gasteiger partial charge in [0.2, 0.25) is 0 Å². The Hall–Kier alpha value is -0.410. The average Bonchev–Trinajstić information content (AvgIpc) is 2.25. The lowest BCUT2D eigenvalue weighted by Gasteiger charge is -2.32. The summed E-state index contributed by atoms with van der Waals surface area (Å²) in [6, 6.07) is 0.320. The maximum Gasteiger partial charge on any atom is 0.164 e. The summed E-state index contributed by atoms with van der Waals surface area (Å²) in [5.74, 6) is 0. The predicted molar refractivity (Wildman–Crippen MR) is 60.8 cm³/mol. The molecule has 1 saturated heterocycles. The van der Waals surface area contributed by atoms with Crippen molar-refractivity contribution in [1.29, 1.82) is 0 Å². The van der Waals surface area contributed by atoms with Crippen molar-refractivity contribution in [2.45, 2.75) is 45.0 Å². The number of ether oxygens (including phenoxy) is 1. The van der Waals surface area contributed by atoms with E-state index in [9.17, 15) is 4.39 Å². The van der Waals surface area contributed by atoms with Crippen LogP contribution in [0.2, 0.25) is 0 Å². The van der Waals surface area contributed by atoms with Crippen LogP contribution in [0.4, 0.5) is 4.39 Å². The van der Waals surface area contributed by atoms with Gasteiger partial charge >= 0.3 is 0 Å². The third-order valence-corrected chi connectivity index (χ3v) is 2.85. The lowest BCUT2D eigenvalue weighted by atomic mass is 10.1. The molecular formula is C12H22FNO. The number of rotatable bonds is 2. The molecule has 1 rings (SSSR count). The average molecular weight is 215 g/mol. The van der Waals surface area contributed by atoms with Gasteiger partial charge in [0.05, 0.1) is 12.2 Å². The van der Waals surface area contributed by atoms with Crippen molar-refractivity contribution < 1.29 is 9.13 Å². The Balaban J connectivity index is 2.85. The molecule has 88 valence electrons. The number of hydrogen-bond acceptors (Lipinski definition) is 2. The third-order valence-electron chi connectivity index (χ3n) is 2.85. The van der Waals surface area contributed by atoms with Gasteiger partial charge in [0.25, 0.3) is 0 Å². The normalized spacial score (nSPS) is 32.7. The summed E-state index contributed by atoms with van der Waals surface area (Å²) in [5.41, 5.74) is -1.71. The largest absolute Gasteiger partial charge is 0.371 e. The molecule has 1 fully saturated rings. The first kappa shape index (κ1) is 12.7. The fourth-order valence-electron chi connectivity index (χ4n) is 1.78. The van der Waals surface area contributed by atoms with Gasteiger partial charge in [-0.3, -0.25) is 4.90 Å². The number of alkyl halides is 1. The Kier molecular flexibility index (Phi) is 3.56. The standard InChI is InChI=1S/C12H22FNO/c1-6-12(13)8-14(10(2)3)7-11(4,5)15-9-12/h6,10H,1,7-9H2,2-5H3/t12-/m1/s1. The van der Waals surface area contributed by atoms with E-state index in [1.54, 1.807) is 0 Å². The number of halogens is 1. The summed E-state index contributed by atoms with van der Waals surface area (Å²) in [6.07, 6.45) is 1.36. The van der Waals surface area contributed by atoms with E-state index in [4.69, 9.17) is 4.74 Å². The van der Waals surface area contributed by atoms with Crippen molar-refractivity contribution in [2.75, 3.05) is 19.7 Å². The maximum atomic E-state index is 14.2. The van der Waals surface area contributed by atoms with E-state index < -0.39 is 5.67 Å².